The summed E-state index contributed by atoms with van der Waals surface area (Å²) in [6, 6.07) is 7.99. The van der Waals surface area contributed by atoms with Crippen LogP contribution in [0.1, 0.15) is 19.4 Å². The van der Waals surface area contributed by atoms with Crippen molar-refractivity contribution in [2.45, 2.75) is 26.3 Å². The van der Waals surface area contributed by atoms with Crippen molar-refractivity contribution in [1.29, 1.82) is 0 Å². The lowest BCUT2D eigenvalue weighted by Gasteiger charge is -2.32. The highest BCUT2D eigenvalue weighted by Crippen LogP contribution is 2.26. The van der Waals surface area contributed by atoms with E-state index in [0.717, 1.165) is 23.2 Å². The molecule has 0 radical (unpaired) electrons. The molecule has 1 unspecified atom stereocenters. The molecule has 3 nitrogen and oxygen atoms in total. The molecule has 3 heteroatoms. The molecule has 1 amide bonds. The number of fused-ring (bicyclic) bond motifs is 1. The van der Waals surface area contributed by atoms with Gasteiger partial charge in [-0.3, -0.25) is 4.79 Å². The van der Waals surface area contributed by atoms with Gasteiger partial charge in [0.15, 0.2) is 0 Å². The Labute approximate surface area is 102 Å². The van der Waals surface area contributed by atoms with Gasteiger partial charge < -0.3 is 10.6 Å². The number of allylic oxidation sites excluding steroid dienone is 1. The Bertz CT molecular complexity index is 461. The van der Waals surface area contributed by atoms with Gasteiger partial charge in [-0.2, -0.15) is 0 Å². The van der Waals surface area contributed by atoms with Gasteiger partial charge >= 0.3 is 0 Å². The lowest BCUT2D eigenvalue weighted by molar-refractivity contribution is -0.114. The SMILES string of the molecule is CC(C)=CC(=O)N1CC(N)Cc2ccccc21. The highest BCUT2D eigenvalue weighted by molar-refractivity contribution is 6.02. The van der Waals surface area contributed by atoms with Crippen molar-refractivity contribution < 1.29 is 4.79 Å². The Morgan fingerprint density at radius 3 is 2.82 bits per heavy atom. The van der Waals surface area contributed by atoms with Crippen LogP contribution in [0.2, 0.25) is 0 Å². The van der Waals surface area contributed by atoms with Crippen molar-refractivity contribution in [3.05, 3.63) is 41.5 Å². The van der Waals surface area contributed by atoms with Crippen LogP contribution in [-0.2, 0) is 11.2 Å². The number of rotatable bonds is 1. The maximum absolute atomic E-state index is 12.1. The zero-order chi connectivity index (χ0) is 12.4. The quantitative estimate of drug-likeness (QED) is 0.749. The van der Waals surface area contributed by atoms with E-state index < -0.39 is 0 Å². The van der Waals surface area contributed by atoms with E-state index in [1.165, 1.54) is 0 Å². The first kappa shape index (κ1) is 11.9. The van der Waals surface area contributed by atoms with E-state index in [1.807, 2.05) is 38.1 Å². The smallest absolute Gasteiger partial charge is 0.250 e. The predicted octanol–water partition coefficient (Wildman–Crippen LogP) is 1.87. The molecule has 0 saturated carbocycles. The summed E-state index contributed by atoms with van der Waals surface area (Å²) in [5, 5.41) is 0. The number of benzene rings is 1. The van der Waals surface area contributed by atoms with E-state index in [9.17, 15) is 4.79 Å². The van der Waals surface area contributed by atoms with Crippen molar-refractivity contribution in [3.8, 4) is 0 Å². The number of amides is 1. The minimum Gasteiger partial charge on any atom is -0.326 e. The molecule has 17 heavy (non-hydrogen) atoms. The molecular formula is C14H18N2O. The number of nitrogens with two attached hydrogens (primary N) is 1. The van der Waals surface area contributed by atoms with Crippen LogP contribution in [-0.4, -0.2) is 18.5 Å². The Hall–Kier alpha value is -1.61. The molecule has 2 rings (SSSR count). The van der Waals surface area contributed by atoms with Gasteiger partial charge in [-0.15, -0.1) is 0 Å². The molecule has 0 spiro atoms. The average molecular weight is 230 g/mol. The maximum Gasteiger partial charge on any atom is 0.250 e. The van der Waals surface area contributed by atoms with E-state index in [1.54, 1.807) is 11.0 Å². The van der Waals surface area contributed by atoms with Crippen molar-refractivity contribution >= 4 is 11.6 Å². The van der Waals surface area contributed by atoms with Crippen LogP contribution in [0.4, 0.5) is 5.69 Å². The van der Waals surface area contributed by atoms with Gasteiger partial charge in [0.25, 0.3) is 5.91 Å². The first-order valence-electron chi connectivity index (χ1n) is 5.88. The third-order valence-corrected chi connectivity index (χ3v) is 2.86. The topological polar surface area (TPSA) is 46.3 Å². The van der Waals surface area contributed by atoms with Crippen molar-refractivity contribution in [2.24, 2.45) is 5.73 Å². The molecule has 0 aliphatic carbocycles. The summed E-state index contributed by atoms with van der Waals surface area (Å²) in [5.41, 5.74) is 9.15. The number of hydrogen-bond acceptors (Lipinski definition) is 2. The zero-order valence-electron chi connectivity index (χ0n) is 10.3. The Balaban J connectivity index is 2.36. The van der Waals surface area contributed by atoms with E-state index in [4.69, 9.17) is 5.73 Å². The maximum atomic E-state index is 12.1. The van der Waals surface area contributed by atoms with Crippen LogP contribution in [0.5, 0.6) is 0 Å². The summed E-state index contributed by atoms with van der Waals surface area (Å²) in [6.07, 6.45) is 2.50. The Morgan fingerprint density at radius 1 is 1.41 bits per heavy atom. The second-order valence-corrected chi connectivity index (χ2v) is 4.76. The van der Waals surface area contributed by atoms with Gasteiger partial charge in [0, 0.05) is 24.4 Å². The van der Waals surface area contributed by atoms with E-state index in [-0.39, 0.29) is 11.9 Å². The average Bonchev–Trinajstić information content (AvgIpc) is 2.26. The van der Waals surface area contributed by atoms with Gasteiger partial charge in [-0.05, 0) is 31.9 Å². The molecule has 0 aromatic heterocycles. The summed E-state index contributed by atoms with van der Waals surface area (Å²) < 4.78 is 0. The Morgan fingerprint density at radius 2 is 2.12 bits per heavy atom. The molecule has 1 atom stereocenters. The van der Waals surface area contributed by atoms with Gasteiger partial charge in [-0.25, -0.2) is 0 Å². The van der Waals surface area contributed by atoms with Crippen LogP contribution < -0.4 is 10.6 Å². The first-order chi connectivity index (χ1) is 8.08. The highest BCUT2D eigenvalue weighted by Gasteiger charge is 2.24. The lowest BCUT2D eigenvalue weighted by Crippen LogP contribution is -2.45. The number of para-hydroxylation sites is 1. The third kappa shape index (κ3) is 2.56. The van der Waals surface area contributed by atoms with Crippen LogP contribution in [0.3, 0.4) is 0 Å². The van der Waals surface area contributed by atoms with Crippen LogP contribution in [0, 0.1) is 0 Å². The molecule has 0 fully saturated rings. The molecule has 1 aromatic carbocycles. The van der Waals surface area contributed by atoms with Crippen molar-refractivity contribution in [2.75, 3.05) is 11.4 Å². The monoisotopic (exact) mass is 230 g/mol. The summed E-state index contributed by atoms with van der Waals surface area (Å²) in [4.78, 5) is 13.9. The van der Waals surface area contributed by atoms with Crippen LogP contribution in [0.25, 0.3) is 0 Å². The zero-order valence-corrected chi connectivity index (χ0v) is 10.3. The fraction of sp³-hybridized carbons (Fsp3) is 0.357. The number of anilines is 1. The number of carbonyl (C=O) groups excluding carboxylic acids is 1. The molecule has 2 N–H and O–H groups in total. The highest BCUT2D eigenvalue weighted by atomic mass is 16.2. The van der Waals surface area contributed by atoms with Crippen molar-refractivity contribution in [1.82, 2.24) is 0 Å². The van der Waals surface area contributed by atoms with E-state index in [2.05, 4.69) is 0 Å². The fourth-order valence-electron chi connectivity index (χ4n) is 2.16. The molecule has 0 saturated heterocycles. The van der Waals surface area contributed by atoms with Crippen molar-refractivity contribution in [3.63, 3.8) is 0 Å². The minimum absolute atomic E-state index is 0.0209. The molecule has 0 bridgehead atoms. The van der Waals surface area contributed by atoms with Gasteiger partial charge in [0.1, 0.15) is 0 Å². The lowest BCUT2D eigenvalue weighted by atomic mass is 9.98. The fourth-order valence-corrected chi connectivity index (χ4v) is 2.16. The second-order valence-electron chi connectivity index (χ2n) is 4.76. The number of hydrogen-bond donors (Lipinski definition) is 1. The van der Waals surface area contributed by atoms with E-state index in [0.29, 0.717) is 6.54 Å². The molecule has 1 aromatic rings. The minimum atomic E-state index is 0.0209. The predicted molar refractivity (Wildman–Crippen MR) is 69.9 cm³/mol. The normalized spacial score (nSPS) is 18.5. The summed E-state index contributed by atoms with van der Waals surface area (Å²) in [6.45, 7) is 4.45. The molecule has 1 aliphatic heterocycles. The second kappa shape index (κ2) is 4.72. The van der Waals surface area contributed by atoms with Gasteiger partial charge in [-0.1, -0.05) is 23.8 Å². The molecule has 1 heterocycles. The molecule has 90 valence electrons. The summed E-state index contributed by atoms with van der Waals surface area (Å²) in [5.74, 6) is 0.0209. The standard InChI is InChI=1S/C14H18N2O/c1-10(2)7-14(17)16-9-12(15)8-11-5-3-4-6-13(11)16/h3-7,12H,8-9,15H2,1-2H3. The first-order valence-corrected chi connectivity index (χ1v) is 5.88. The summed E-state index contributed by atoms with van der Waals surface area (Å²) >= 11 is 0. The van der Waals surface area contributed by atoms with Crippen LogP contribution >= 0.6 is 0 Å². The Kier molecular flexibility index (Phi) is 3.29. The number of carbonyl (C=O) groups is 1. The largest absolute Gasteiger partial charge is 0.326 e. The van der Waals surface area contributed by atoms with E-state index >= 15 is 0 Å². The third-order valence-electron chi connectivity index (χ3n) is 2.86. The molecular weight excluding hydrogens is 212 g/mol. The van der Waals surface area contributed by atoms with Gasteiger partial charge in [0.05, 0.1) is 0 Å². The summed E-state index contributed by atoms with van der Waals surface area (Å²) in [7, 11) is 0. The molecule has 1 aliphatic rings. The number of nitrogens with zero attached hydrogens (tertiary/aromatic N) is 1. The van der Waals surface area contributed by atoms with Crippen LogP contribution in [0.15, 0.2) is 35.9 Å². The van der Waals surface area contributed by atoms with Gasteiger partial charge in [0.2, 0.25) is 0 Å².